The summed E-state index contributed by atoms with van der Waals surface area (Å²) in [6, 6.07) is 11.5. The predicted octanol–water partition coefficient (Wildman–Crippen LogP) is 4.33. The number of hydrogen-bond acceptors (Lipinski definition) is 5. The molecule has 0 unspecified atom stereocenters. The first kappa shape index (κ1) is 21.8. The zero-order chi connectivity index (χ0) is 20.5. The summed E-state index contributed by atoms with van der Waals surface area (Å²) in [6.07, 6.45) is 1.07. The molecule has 2 aromatic rings. The smallest absolute Gasteiger partial charge is 0.306 e. The molecule has 1 aromatic heterocycles. The lowest BCUT2D eigenvalue weighted by Crippen LogP contribution is -2.31. The molecular weight excluding hydrogens is 374 g/mol. The van der Waals surface area contributed by atoms with Crippen LogP contribution in [0.5, 0.6) is 0 Å². The lowest BCUT2D eigenvalue weighted by Gasteiger charge is -2.15. The standard InChI is InChI=1S/C22H27NO4S/c1-15(2)13-17-6-8-18(9-7-17)16(3)23-21(25)14-27-22(26)11-10-19(24)20-5-4-12-28-20/h4-9,12,15-16H,10-11,13-14H2,1-3H3,(H,23,25)/t16-/m0/s1. The fourth-order valence-corrected chi connectivity index (χ4v) is 3.47. The molecule has 1 N–H and O–H groups in total. The first-order chi connectivity index (χ1) is 13.3. The van der Waals surface area contributed by atoms with Gasteiger partial charge in [0.25, 0.3) is 5.91 Å². The van der Waals surface area contributed by atoms with Crippen LogP contribution in [-0.2, 0) is 20.7 Å². The lowest BCUT2D eigenvalue weighted by atomic mass is 10.00. The molecule has 0 aliphatic rings. The first-order valence-electron chi connectivity index (χ1n) is 9.45. The Morgan fingerprint density at radius 3 is 2.36 bits per heavy atom. The highest BCUT2D eigenvalue weighted by Crippen LogP contribution is 2.16. The van der Waals surface area contributed by atoms with Gasteiger partial charge in [0, 0.05) is 6.42 Å². The Morgan fingerprint density at radius 2 is 1.75 bits per heavy atom. The van der Waals surface area contributed by atoms with Crippen molar-refractivity contribution in [2.75, 3.05) is 6.61 Å². The van der Waals surface area contributed by atoms with E-state index in [1.54, 1.807) is 12.1 Å². The van der Waals surface area contributed by atoms with Gasteiger partial charge in [-0.25, -0.2) is 0 Å². The third-order valence-electron chi connectivity index (χ3n) is 4.22. The van der Waals surface area contributed by atoms with E-state index in [2.05, 4.69) is 31.3 Å². The number of hydrogen-bond donors (Lipinski definition) is 1. The van der Waals surface area contributed by atoms with Crippen LogP contribution in [0.3, 0.4) is 0 Å². The Kier molecular flexibility index (Phi) is 8.39. The van der Waals surface area contributed by atoms with Crippen molar-refractivity contribution in [1.82, 2.24) is 5.32 Å². The van der Waals surface area contributed by atoms with Crippen molar-refractivity contribution in [3.8, 4) is 0 Å². The number of nitrogens with one attached hydrogen (secondary N) is 1. The molecule has 28 heavy (non-hydrogen) atoms. The van der Waals surface area contributed by atoms with Crippen molar-refractivity contribution in [2.45, 2.75) is 46.1 Å². The summed E-state index contributed by atoms with van der Waals surface area (Å²) in [6.45, 7) is 5.89. The molecule has 0 fully saturated rings. The van der Waals surface area contributed by atoms with Crippen LogP contribution < -0.4 is 5.32 Å². The number of esters is 1. The molecule has 0 saturated heterocycles. The van der Waals surface area contributed by atoms with Crippen molar-refractivity contribution < 1.29 is 19.1 Å². The zero-order valence-corrected chi connectivity index (χ0v) is 17.4. The van der Waals surface area contributed by atoms with Crippen LogP contribution in [0.25, 0.3) is 0 Å². The van der Waals surface area contributed by atoms with Gasteiger partial charge in [-0.15, -0.1) is 11.3 Å². The summed E-state index contributed by atoms with van der Waals surface area (Å²) >= 11 is 1.34. The molecule has 1 heterocycles. The molecule has 1 amide bonds. The van der Waals surface area contributed by atoms with Crippen molar-refractivity contribution in [1.29, 1.82) is 0 Å². The molecule has 0 aliphatic heterocycles. The van der Waals surface area contributed by atoms with Crippen LogP contribution >= 0.6 is 11.3 Å². The Hall–Kier alpha value is -2.47. The van der Waals surface area contributed by atoms with E-state index in [-0.39, 0.29) is 37.2 Å². The molecule has 1 atom stereocenters. The number of thiophene rings is 1. The summed E-state index contributed by atoms with van der Waals surface area (Å²) in [4.78, 5) is 36.2. The third kappa shape index (κ3) is 7.27. The molecule has 2 rings (SSSR count). The van der Waals surface area contributed by atoms with Crippen molar-refractivity contribution >= 4 is 29.0 Å². The monoisotopic (exact) mass is 401 g/mol. The van der Waals surface area contributed by atoms with E-state index in [0.717, 1.165) is 12.0 Å². The second-order valence-corrected chi connectivity index (χ2v) is 8.14. The summed E-state index contributed by atoms with van der Waals surface area (Å²) in [5.74, 6) is -0.411. The minimum atomic E-state index is -0.550. The molecule has 0 bridgehead atoms. The minimum absolute atomic E-state index is 0.0309. The second kappa shape index (κ2) is 10.8. The number of ether oxygens (including phenoxy) is 1. The Labute approximate surface area is 170 Å². The van der Waals surface area contributed by atoms with Gasteiger partial charge in [0.2, 0.25) is 0 Å². The summed E-state index contributed by atoms with van der Waals surface area (Å²) in [7, 11) is 0. The Morgan fingerprint density at radius 1 is 1.04 bits per heavy atom. The number of benzene rings is 1. The van der Waals surface area contributed by atoms with Crippen LogP contribution in [0.1, 0.15) is 60.5 Å². The average molecular weight is 402 g/mol. The van der Waals surface area contributed by atoms with Gasteiger partial charge in [0.05, 0.1) is 17.3 Å². The largest absolute Gasteiger partial charge is 0.456 e. The predicted molar refractivity (Wildman–Crippen MR) is 110 cm³/mol. The number of rotatable bonds is 10. The van der Waals surface area contributed by atoms with Crippen molar-refractivity contribution in [3.63, 3.8) is 0 Å². The summed E-state index contributed by atoms with van der Waals surface area (Å²) in [5.41, 5.74) is 2.26. The molecule has 5 nitrogen and oxygen atoms in total. The van der Waals surface area contributed by atoms with Gasteiger partial charge in [0.15, 0.2) is 12.4 Å². The van der Waals surface area contributed by atoms with E-state index < -0.39 is 5.97 Å². The third-order valence-corrected chi connectivity index (χ3v) is 5.13. The van der Waals surface area contributed by atoms with E-state index in [1.807, 2.05) is 24.4 Å². The number of carbonyl (C=O) groups is 3. The average Bonchev–Trinajstić information content (AvgIpc) is 3.19. The summed E-state index contributed by atoms with van der Waals surface area (Å²) in [5, 5.41) is 4.63. The van der Waals surface area contributed by atoms with E-state index in [0.29, 0.717) is 10.8 Å². The Balaban J connectivity index is 1.71. The van der Waals surface area contributed by atoms with Crippen LogP contribution in [-0.4, -0.2) is 24.3 Å². The maximum atomic E-state index is 12.0. The maximum Gasteiger partial charge on any atom is 0.306 e. The van der Waals surface area contributed by atoms with Gasteiger partial charge in [-0.3, -0.25) is 14.4 Å². The fourth-order valence-electron chi connectivity index (χ4n) is 2.77. The SMILES string of the molecule is CC(C)Cc1ccc([C@H](C)NC(=O)COC(=O)CCC(=O)c2cccs2)cc1. The van der Waals surface area contributed by atoms with Gasteiger partial charge < -0.3 is 10.1 Å². The van der Waals surface area contributed by atoms with Crippen LogP contribution in [0.4, 0.5) is 0 Å². The Bertz CT molecular complexity index is 781. The van der Waals surface area contributed by atoms with Crippen molar-refractivity contribution in [3.05, 3.63) is 57.8 Å². The molecule has 1 aromatic carbocycles. The van der Waals surface area contributed by atoms with Gasteiger partial charge in [0.1, 0.15) is 0 Å². The topological polar surface area (TPSA) is 72.5 Å². The van der Waals surface area contributed by atoms with Crippen molar-refractivity contribution in [2.24, 2.45) is 5.92 Å². The van der Waals surface area contributed by atoms with Crippen LogP contribution in [0, 0.1) is 5.92 Å². The van der Waals surface area contributed by atoms with Gasteiger partial charge in [-0.05, 0) is 41.8 Å². The lowest BCUT2D eigenvalue weighted by molar-refractivity contribution is -0.148. The van der Waals surface area contributed by atoms with E-state index in [4.69, 9.17) is 4.74 Å². The molecule has 150 valence electrons. The highest BCUT2D eigenvalue weighted by Gasteiger charge is 2.14. The first-order valence-corrected chi connectivity index (χ1v) is 10.3. The van der Waals surface area contributed by atoms with Gasteiger partial charge >= 0.3 is 5.97 Å². The maximum absolute atomic E-state index is 12.0. The number of amides is 1. The molecule has 0 saturated carbocycles. The minimum Gasteiger partial charge on any atom is -0.456 e. The highest BCUT2D eigenvalue weighted by molar-refractivity contribution is 7.12. The van der Waals surface area contributed by atoms with Crippen LogP contribution in [0.15, 0.2) is 41.8 Å². The number of Topliss-reactive ketones (excluding diaryl/α,β-unsaturated/α-hetero) is 1. The fraction of sp³-hybridized carbons (Fsp3) is 0.409. The summed E-state index contributed by atoms with van der Waals surface area (Å²) < 4.78 is 4.97. The molecule has 0 spiro atoms. The molecular formula is C22H27NO4S. The number of ketones is 1. The molecule has 0 radical (unpaired) electrons. The zero-order valence-electron chi connectivity index (χ0n) is 16.6. The second-order valence-electron chi connectivity index (χ2n) is 7.19. The van der Waals surface area contributed by atoms with Gasteiger partial charge in [-0.2, -0.15) is 0 Å². The van der Waals surface area contributed by atoms with E-state index in [9.17, 15) is 14.4 Å². The number of carbonyl (C=O) groups excluding carboxylic acids is 3. The molecule has 0 aliphatic carbocycles. The normalized spacial score (nSPS) is 11.9. The van der Waals surface area contributed by atoms with E-state index in [1.165, 1.54) is 16.9 Å². The van der Waals surface area contributed by atoms with E-state index >= 15 is 0 Å². The van der Waals surface area contributed by atoms with Gasteiger partial charge in [-0.1, -0.05) is 44.2 Å². The molecule has 6 heteroatoms. The quantitative estimate of drug-likeness (QED) is 0.475. The van der Waals surface area contributed by atoms with Crippen LogP contribution in [0.2, 0.25) is 0 Å². The highest BCUT2D eigenvalue weighted by atomic mass is 32.1.